The molecule has 2 unspecified atom stereocenters. The second kappa shape index (κ2) is 6.23. The van der Waals surface area contributed by atoms with Gasteiger partial charge < -0.3 is 15.4 Å². The molecule has 0 radical (unpaired) electrons. The minimum absolute atomic E-state index is 0.0712. The van der Waals surface area contributed by atoms with Crippen molar-refractivity contribution in [1.29, 1.82) is 0 Å². The third kappa shape index (κ3) is 5.54. The van der Waals surface area contributed by atoms with Crippen molar-refractivity contribution in [2.24, 2.45) is 11.7 Å². The van der Waals surface area contributed by atoms with E-state index in [-0.39, 0.29) is 12.1 Å². The monoisotopic (exact) mass is 254 g/mol. The molecule has 4 nitrogen and oxygen atoms in total. The van der Waals surface area contributed by atoms with Crippen LogP contribution >= 0.6 is 0 Å². The summed E-state index contributed by atoms with van der Waals surface area (Å²) in [5.74, 6) is 0.400. The van der Waals surface area contributed by atoms with E-state index in [1.807, 2.05) is 33.8 Å². The quantitative estimate of drug-likeness (QED) is 0.770. The molecular formula is C14H26N2O2. The third-order valence-corrected chi connectivity index (χ3v) is 2.80. The number of ether oxygens (including phenoxy) is 1. The summed E-state index contributed by atoms with van der Waals surface area (Å²) in [6, 6.07) is 0.0712. The molecule has 0 saturated carbocycles. The van der Waals surface area contributed by atoms with Crippen LogP contribution in [0.15, 0.2) is 12.2 Å². The number of amides is 1. The lowest BCUT2D eigenvalue weighted by Crippen LogP contribution is -2.42. The molecule has 0 aromatic rings. The molecule has 0 aromatic heterocycles. The van der Waals surface area contributed by atoms with Crippen LogP contribution in [0.4, 0.5) is 4.79 Å². The van der Waals surface area contributed by atoms with E-state index in [4.69, 9.17) is 10.5 Å². The SMILES string of the molecule is CC(N)/C=C/C1CCCN(C(=O)OC(C)(C)C)C1. The van der Waals surface area contributed by atoms with Gasteiger partial charge in [0, 0.05) is 19.1 Å². The third-order valence-electron chi connectivity index (χ3n) is 2.80. The zero-order chi connectivity index (χ0) is 13.8. The van der Waals surface area contributed by atoms with Crippen molar-refractivity contribution in [1.82, 2.24) is 4.90 Å². The van der Waals surface area contributed by atoms with Gasteiger partial charge in [-0.2, -0.15) is 0 Å². The normalized spacial score (nSPS) is 23.2. The first-order valence-corrected chi connectivity index (χ1v) is 6.70. The van der Waals surface area contributed by atoms with Gasteiger partial charge in [-0.05, 0) is 46.5 Å². The van der Waals surface area contributed by atoms with Crippen LogP contribution in [0.2, 0.25) is 0 Å². The van der Waals surface area contributed by atoms with Gasteiger partial charge in [-0.15, -0.1) is 0 Å². The Morgan fingerprint density at radius 3 is 2.72 bits per heavy atom. The van der Waals surface area contributed by atoms with Crippen LogP contribution in [0.1, 0.15) is 40.5 Å². The van der Waals surface area contributed by atoms with Crippen molar-refractivity contribution in [2.45, 2.75) is 52.2 Å². The Morgan fingerprint density at radius 1 is 1.50 bits per heavy atom. The van der Waals surface area contributed by atoms with Crippen molar-refractivity contribution in [3.05, 3.63) is 12.2 Å². The summed E-state index contributed by atoms with van der Waals surface area (Å²) in [6.07, 6.45) is 6.06. The summed E-state index contributed by atoms with van der Waals surface area (Å²) in [7, 11) is 0. The number of nitrogens with two attached hydrogens (primary N) is 1. The van der Waals surface area contributed by atoms with E-state index in [1.54, 1.807) is 4.90 Å². The van der Waals surface area contributed by atoms with Crippen molar-refractivity contribution < 1.29 is 9.53 Å². The van der Waals surface area contributed by atoms with E-state index < -0.39 is 5.60 Å². The number of piperidine rings is 1. The largest absolute Gasteiger partial charge is 0.444 e. The van der Waals surface area contributed by atoms with Crippen molar-refractivity contribution in [2.75, 3.05) is 13.1 Å². The van der Waals surface area contributed by atoms with Crippen LogP contribution in [0.3, 0.4) is 0 Å². The second-order valence-electron chi connectivity index (χ2n) is 6.07. The Hall–Kier alpha value is -1.03. The lowest BCUT2D eigenvalue weighted by atomic mass is 9.97. The van der Waals surface area contributed by atoms with Crippen molar-refractivity contribution in [3.63, 3.8) is 0 Å². The van der Waals surface area contributed by atoms with Crippen molar-refractivity contribution >= 4 is 6.09 Å². The molecule has 2 atom stereocenters. The first-order valence-electron chi connectivity index (χ1n) is 6.70. The zero-order valence-electron chi connectivity index (χ0n) is 12.0. The predicted octanol–water partition coefficient (Wildman–Crippen LogP) is 2.54. The highest BCUT2D eigenvalue weighted by Crippen LogP contribution is 2.20. The van der Waals surface area contributed by atoms with Crippen LogP contribution in [0.25, 0.3) is 0 Å². The van der Waals surface area contributed by atoms with Crippen LogP contribution in [-0.2, 0) is 4.74 Å². The van der Waals surface area contributed by atoms with E-state index in [0.29, 0.717) is 5.92 Å². The number of nitrogens with zero attached hydrogens (tertiary/aromatic N) is 1. The summed E-state index contributed by atoms with van der Waals surface area (Å²) in [6.45, 7) is 9.15. The average molecular weight is 254 g/mol. The molecule has 2 N–H and O–H groups in total. The van der Waals surface area contributed by atoms with Gasteiger partial charge in [-0.3, -0.25) is 0 Å². The van der Waals surface area contributed by atoms with E-state index in [0.717, 1.165) is 25.9 Å². The summed E-state index contributed by atoms with van der Waals surface area (Å²) >= 11 is 0. The highest BCUT2D eigenvalue weighted by molar-refractivity contribution is 5.68. The van der Waals surface area contributed by atoms with Crippen LogP contribution in [-0.4, -0.2) is 35.7 Å². The predicted molar refractivity (Wildman–Crippen MR) is 73.3 cm³/mol. The van der Waals surface area contributed by atoms with E-state index >= 15 is 0 Å². The molecular weight excluding hydrogens is 228 g/mol. The number of likely N-dealkylation sites (tertiary alicyclic amines) is 1. The van der Waals surface area contributed by atoms with Gasteiger partial charge in [-0.1, -0.05) is 12.2 Å². The van der Waals surface area contributed by atoms with Gasteiger partial charge in [0.05, 0.1) is 0 Å². The molecule has 1 saturated heterocycles. The highest BCUT2D eigenvalue weighted by atomic mass is 16.6. The van der Waals surface area contributed by atoms with Gasteiger partial charge in [0.1, 0.15) is 5.60 Å². The summed E-state index contributed by atoms with van der Waals surface area (Å²) in [5.41, 5.74) is 5.27. The molecule has 4 heteroatoms. The zero-order valence-corrected chi connectivity index (χ0v) is 12.0. The Kier molecular flexibility index (Phi) is 5.20. The van der Waals surface area contributed by atoms with Crippen LogP contribution in [0, 0.1) is 5.92 Å². The van der Waals surface area contributed by atoms with Crippen molar-refractivity contribution in [3.8, 4) is 0 Å². The van der Waals surface area contributed by atoms with Gasteiger partial charge in [-0.25, -0.2) is 4.79 Å². The Bertz CT molecular complexity index is 305. The first-order chi connectivity index (χ1) is 8.28. The molecule has 0 aromatic carbocycles. The second-order valence-corrected chi connectivity index (χ2v) is 6.07. The molecule has 1 aliphatic rings. The van der Waals surface area contributed by atoms with Gasteiger partial charge in [0.15, 0.2) is 0 Å². The van der Waals surface area contributed by atoms with E-state index in [2.05, 4.69) is 6.08 Å². The lowest BCUT2D eigenvalue weighted by Gasteiger charge is -2.33. The van der Waals surface area contributed by atoms with E-state index in [1.165, 1.54) is 0 Å². The minimum Gasteiger partial charge on any atom is -0.444 e. The molecule has 18 heavy (non-hydrogen) atoms. The van der Waals surface area contributed by atoms with Gasteiger partial charge in [0.2, 0.25) is 0 Å². The summed E-state index contributed by atoms with van der Waals surface area (Å²) in [4.78, 5) is 13.7. The molecule has 1 fully saturated rings. The van der Waals surface area contributed by atoms with Crippen LogP contribution < -0.4 is 5.73 Å². The fourth-order valence-corrected chi connectivity index (χ4v) is 1.99. The molecule has 1 aliphatic heterocycles. The molecule has 0 spiro atoms. The standard InChI is InChI=1S/C14H26N2O2/c1-11(15)7-8-12-6-5-9-16(10-12)13(17)18-14(2,3)4/h7-8,11-12H,5-6,9-10,15H2,1-4H3/b8-7+. The maximum absolute atomic E-state index is 12.0. The summed E-state index contributed by atoms with van der Waals surface area (Å²) in [5, 5.41) is 0. The molecule has 1 amide bonds. The molecule has 0 aliphatic carbocycles. The molecule has 104 valence electrons. The molecule has 1 rings (SSSR count). The Labute approximate surface area is 110 Å². The summed E-state index contributed by atoms with van der Waals surface area (Å²) < 4.78 is 5.39. The van der Waals surface area contributed by atoms with E-state index in [9.17, 15) is 4.79 Å². The fraction of sp³-hybridized carbons (Fsp3) is 0.786. The average Bonchev–Trinajstić information content (AvgIpc) is 2.24. The molecule has 0 bridgehead atoms. The Balaban J connectivity index is 2.50. The minimum atomic E-state index is -0.425. The fourth-order valence-electron chi connectivity index (χ4n) is 1.99. The maximum Gasteiger partial charge on any atom is 0.410 e. The number of hydrogen-bond donors (Lipinski definition) is 1. The topological polar surface area (TPSA) is 55.6 Å². The molecule has 1 heterocycles. The maximum atomic E-state index is 12.0. The lowest BCUT2D eigenvalue weighted by molar-refractivity contribution is 0.0186. The highest BCUT2D eigenvalue weighted by Gasteiger charge is 2.26. The number of rotatable bonds is 2. The smallest absolute Gasteiger partial charge is 0.410 e. The van der Waals surface area contributed by atoms with Gasteiger partial charge in [0.25, 0.3) is 0 Å². The van der Waals surface area contributed by atoms with Crippen LogP contribution in [0.5, 0.6) is 0 Å². The number of hydrogen-bond acceptors (Lipinski definition) is 3. The number of carbonyl (C=O) groups is 1. The first kappa shape index (κ1) is 15.0. The Morgan fingerprint density at radius 2 is 2.17 bits per heavy atom. The van der Waals surface area contributed by atoms with Gasteiger partial charge >= 0.3 is 6.09 Å². The number of carbonyl (C=O) groups excluding carboxylic acids is 1.